The fraction of sp³-hybridized carbons (Fsp3) is 0. The number of allylic oxidation sites excluding steroid dienone is 18. The third kappa shape index (κ3) is 21.1. The summed E-state index contributed by atoms with van der Waals surface area (Å²) in [5, 5.41) is 0. The molecule has 0 rings (SSSR count). The fourth-order valence-electron chi connectivity index (χ4n) is 1.19. The van der Waals surface area contributed by atoms with Gasteiger partial charge in [0.25, 0.3) is 0 Å². The van der Waals surface area contributed by atoms with Crippen molar-refractivity contribution >= 4 is 10.4 Å². The summed E-state index contributed by atoms with van der Waals surface area (Å²) in [6.45, 7) is 3.58. The van der Waals surface area contributed by atoms with Crippen molar-refractivity contribution in [2.45, 2.75) is 0 Å². The van der Waals surface area contributed by atoms with Crippen LogP contribution in [0.5, 0.6) is 0 Å². The highest BCUT2D eigenvalue weighted by Gasteiger charge is 1.97. The molecule has 0 amide bonds. The van der Waals surface area contributed by atoms with Crippen LogP contribution in [-0.2, 0) is 14.6 Å². The van der Waals surface area contributed by atoms with Crippen LogP contribution < -0.4 is 0 Å². The third-order valence-corrected chi connectivity index (χ3v) is 2.52. The summed E-state index contributed by atoms with van der Waals surface area (Å²) in [5.41, 5.74) is 0. The van der Waals surface area contributed by atoms with Gasteiger partial charge in [0.1, 0.15) is 6.26 Å². The van der Waals surface area contributed by atoms with Crippen molar-refractivity contribution < 1.29 is 17.2 Å². The van der Waals surface area contributed by atoms with Gasteiger partial charge in [-0.15, -0.1) is 0 Å². The molecule has 0 radical (unpaired) electrons. The Labute approximate surface area is 150 Å². The van der Waals surface area contributed by atoms with Crippen LogP contribution in [0.1, 0.15) is 0 Å². The van der Waals surface area contributed by atoms with E-state index < -0.39 is 10.4 Å². The molecular weight excluding hydrogens is 336 g/mol. The Hall–Kier alpha value is -2.89. The summed E-state index contributed by atoms with van der Waals surface area (Å²) in [6, 6.07) is 0. The SMILES string of the molecule is C=CC=CC=CC=CC=CC=CC=CC=CC=CC=COS(=O)(=O)O. The first-order chi connectivity index (χ1) is 12.1. The van der Waals surface area contributed by atoms with Crippen molar-refractivity contribution in [3.8, 4) is 0 Å². The molecule has 0 bridgehead atoms. The Balaban J connectivity index is 3.96. The Morgan fingerprint density at radius 2 is 0.840 bits per heavy atom. The van der Waals surface area contributed by atoms with E-state index in [1.165, 1.54) is 6.08 Å². The second-order valence-electron chi connectivity index (χ2n) is 4.17. The first-order valence-corrected chi connectivity index (χ1v) is 8.69. The van der Waals surface area contributed by atoms with E-state index in [4.69, 9.17) is 4.55 Å². The maximum absolute atomic E-state index is 10.2. The highest BCUT2D eigenvalue weighted by Crippen LogP contribution is 1.89. The molecule has 0 aliphatic heterocycles. The van der Waals surface area contributed by atoms with Gasteiger partial charge < -0.3 is 4.18 Å². The zero-order valence-corrected chi connectivity index (χ0v) is 14.6. The highest BCUT2D eigenvalue weighted by molar-refractivity contribution is 7.81. The monoisotopic (exact) mass is 358 g/mol. The summed E-state index contributed by atoms with van der Waals surface area (Å²) in [6.07, 6.45) is 33.5. The number of hydrogen-bond donors (Lipinski definition) is 1. The van der Waals surface area contributed by atoms with Gasteiger partial charge in [-0.25, -0.2) is 0 Å². The van der Waals surface area contributed by atoms with Crippen LogP contribution in [0.15, 0.2) is 122 Å². The topological polar surface area (TPSA) is 63.6 Å². The van der Waals surface area contributed by atoms with Gasteiger partial charge in [-0.05, 0) is 6.08 Å². The van der Waals surface area contributed by atoms with Crippen molar-refractivity contribution in [1.82, 2.24) is 0 Å². The lowest BCUT2D eigenvalue weighted by Gasteiger charge is -1.89. The lowest BCUT2D eigenvalue weighted by atomic mass is 10.3. The molecule has 1 N–H and O–H groups in total. The van der Waals surface area contributed by atoms with Crippen molar-refractivity contribution in [3.05, 3.63) is 122 Å². The van der Waals surface area contributed by atoms with Crippen LogP contribution in [0.3, 0.4) is 0 Å². The maximum Gasteiger partial charge on any atom is 0.445 e. The van der Waals surface area contributed by atoms with E-state index in [9.17, 15) is 8.42 Å². The lowest BCUT2D eigenvalue weighted by molar-refractivity contribution is 0.356. The van der Waals surface area contributed by atoms with Gasteiger partial charge in [0.15, 0.2) is 0 Å². The maximum atomic E-state index is 10.2. The fourth-order valence-corrected chi connectivity index (χ4v) is 1.39. The quantitative estimate of drug-likeness (QED) is 0.322. The molecule has 0 saturated carbocycles. The minimum absolute atomic E-state index is 0.868. The molecule has 25 heavy (non-hydrogen) atoms. The summed E-state index contributed by atoms with van der Waals surface area (Å²) in [5.74, 6) is 0. The summed E-state index contributed by atoms with van der Waals surface area (Å²) in [7, 11) is -4.42. The molecular formula is C20H22O4S. The minimum Gasteiger partial charge on any atom is -0.370 e. The highest BCUT2D eigenvalue weighted by atomic mass is 32.3. The molecule has 0 aromatic carbocycles. The standard InChI is InChI=1S/C20H22O4S/c1-2-3-4-5-6-7-8-9-10-11-12-13-14-15-16-17-18-19-20-24-25(21,22)23/h2-20H,1H2,(H,21,22,23). The molecule has 0 heterocycles. The average molecular weight is 358 g/mol. The predicted octanol–water partition coefficient (Wildman–Crippen LogP) is 4.96. The lowest BCUT2D eigenvalue weighted by Crippen LogP contribution is -1.96. The molecule has 0 spiro atoms. The number of hydrogen-bond acceptors (Lipinski definition) is 3. The van der Waals surface area contributed by atoms with Crippen molar-refractivity contribution in [2.24, 2.45) is 0 Å². The van der Waals surface area contributed by atoms with E-state index in [0.29, 0.717) is 0 Å². The van der Waals surface area contributed by atoms with E-state index >= 15 is 0 Å². The van der Waals surface area contributed by atoms with Crippen LogP contribution >= 0.6 is 0 Å². The molecule has 5 heteroatoms. The van der Waals surface area contributed by atoms with Crippen LogP contribution in [0.4, 0.5) is 0 Å². The number of rotatable bonds is 11. The Bertz CT molecular complexity index is 726. The largest absolute Gasteiger partial charge is 0.445 e. The van der Waals surface area contributed by atoms with E-state index in [0.717, 1.165) is 6.26 Å². The van der Waals surface area contributed by atoms with Gasteiger partial charge in [0, 0.05) is 0 Å². The molecule has 0 aliphatic rings. The van der Waals surface area contributed by atoms with Crippen LogP contribution in [0.2, 0.25) is 0 Å². The van der Waals surface area contributed by atoms with E-state index in [1.54, 1.807) is 24.3 Å². The van der Waals surface area contributed by atoms with Crippen LogP contribution in [0.25, 0.3) is 0 Å². The smallest absolute Gasteiger partial charge is 0.370 e. The molecule has 0 aromatic rings. The predicted molar refractivity (Wildman–Crippen MR) is 105 cm³/mol. The Kier molecular flexibility index (Phi) is 14.1. The molecule has 0 aromatic heterocycles. The van der Waals surface area contributed by atoms with Crippen molar-refractivity contribution in [1.29, 1.82) is 0 Å². The zero-order chi connectivity index (χ0) is 18.6. The van der Waals surface area contributed by atoms with E-state index in [1.807, 2.05) is 79.0 Å². The third-order valence-electron chi connectivity index (χ3n) is 2.17. The van der Waals surface area contributed by atoms with E-state index in [-0.39, 0.29) is 0 Å². The van der Waals surface area contributed by atoms with Gasteiger partial charge in [0.2, 0.25) is 0 Å². The van der Waals surface area contributed by atoms with Gasteiger partial charge in [-0.1, -0.05) is 110 Å². The Morgan fingerprint density at radius 1 is 0.560 bits per heavy atom. The van der Waals surface area contributed by atoms with Crippen LogP contribution in [0, 0.1) is 0 Å². The first-order valence-electron chi connectivity index (χ1n) is 7.33. The second kappa shape index (κ2) is 16.0. The summed E-state index contributed by atoms with van der Waals surface area (Å²) in [4.78, 5) is 0. The van der Waals surface area contributed by atoms with E-state index in [2.05, 4.69) is 10.8 Å². The second-order valence-corrected chi connectivity index (χ2v) is 5.22. The van der Waals surface area contributed by atoms with Crippen molar-refractivity contribution in [3.63, 3.8) is 0 Å². The zero-order valence-electron chi connectivity index (χ0n) is 13.8. The van der Waals surface area contributed by atoms with Crippen LogP contribution in [-0.4, -0.2) is 13.0 Å². The Morgan fingerprint density at radius 3 is 1.12 bits per heavy atom. The van der Waals surface area contributed by atoms with Crippen molar-refractivity contribution in [2.75, 3.05) is 0 Å². The minimum atomic E-state index is -4.42. The molecule has 0 atom stereocenters. The van der Waals surface area contributed by atoms with Gasteiger partial charge in [0.05, 0.1) is 0 Å². The average Bonchev–Trinajstić information content (AvgIpc) is 2.56. The molecule has 0 aliphatic carbocycles. The molecule has 0 unspecified atom stereocenters. The first kappa shape index (κ1) is 22.1. The normalized spacial score (nSPS) is 14.4. The molecule has 0 saturated heterocycles. The van der Waals surface area contributed by atoms with Gasteiger partial charge in [-0.2, -0.15) is 8.42 Å². The summed E-state index contributed by atoms with van der Waals surface area (Å²) >= 11 is 0. The van der Waals surface area contributed by atoms with Gasteiger partial charge in [-0.3, -0.25) is 4.55 Å². The van der Waals surface area contributed by atoms with Gasteiger partial charge >= 0.3 is 10.4 Å². The molecule has 132 valence electrons. The molecule has 4 nitrogen and oxygen atoms in total. The molecule has 0 fully saturated rings. The summed E-state index contributed by atoms with van der Waals surface area (Å²) < 4.78 is 32.7.